The Hall–Kier alpha value is -2.26. The summed E-state index contributed by atoms with van der Waals surface area (Å²) in [6, 6.07) is 9.67. The van der Waals surface area contributed by atoms with Crippen molar-refractivity contribution in [1.82, 2.24) is 0 Å². The van der Waals surface area contributed by atoms with Crippen LogP contribution in [-0.4, -0.2) is 40.1 Å². The number of aliphatic imine (C=N–C) groups is 1. The number of rotatable bonds is 5. The molecule has 0 atom stereocenters. The minimum absolute atomic E-state index is 0.0262. The molecule has 144 valence electrons. The fourth-order valence-electron chi connectivity index (χ4n) is 2.58. The first kappa shape index (κ1) is 19.5. The van der Waals surface area contributed by atoms with Crippen molar-refractivity contribution in [3.05, 3.63) is 48.3 Å². The van der Waals surface area contributed by atoms with E-state index in [0.29, 0.717) is 28.9 Å². The Morgan fingerprint density at radius 2 is 1.78 bits per heavy atom. The molecule has 1 aliphatic heterocycles. The maximum atomic E-state index is 13.4. The SMILES string of the molecule is COc1ccc(S(=O)(=O)N(C2=NCCCS2)c2ccc(F)cc2)cc1OC. The van der Waals surface area contributed by atoms with Gasteiger partial charge < -0.3 is 9.47 Å². The van der Waals surface area contributed by atoms with Gasteiger partial charge in [0.15, 0.2) is 16.7 Å². The highest BCUT2D eigenvalue weighted by Crippen LogP contribution is 2.34. The summed E-state index contributed by atoms with van der Waals surface area (Å²) in [7, 11) is -1.09. The van der Waals surface area contributed by atoms with E-state index in [4.69, 9.17) is 9.47 Å². The molecule has 0 bridgehead atoms. The number of sulfonamides is 1. The van der Waals surface area contributed by atoms with Gasteiger partial charge in [0, 0.05) is 18.4 Å². The van der Waals surface area contributed by atoms with Gasteiger partial charge in [0.25, 0.3) is 10.0 Å². The van der Waals surface area contributed by atoms with Crippen molar-refractivity contribution in [2.45, 2.75) is 11.3 Å². The number of halogens is 1. The van der Waals surface area contributed by atoms with Gasteiger partial charge in [-0.1, -0.05) is 11.8 Å². The molecule has 2 aromatic carbocycles. The maximum Gasteiger partial charge on any atom is 0.270 e. The first-order valence-electron chi connectivity index (χ1n) is 8.17. The molecule has 0 N–H and O–H groups in total. The standard InChI is InChI=1S/C18H19FN2O4S2/c1-24-16-9-8-15(12-17(16)25-2)27(22,23)21(18-20-10-3-11-26-18)14-6-4-13(19)5-7-14/h4-9,12H,3,10-11H2,1-2H3. The van der Waals surface area contributed by atoms with Crippen LogP contribution in [0.2, 0.25) is 0 Å². The van der Waals surface area contributed by atoms with Gasteiger partial charge in [-0.05, 0) is 42.8 Å². The largest absolute Gasteiger partial charge is 0.493 e. The lowest BCUT2D eigenvalue weighted by Crippen LogP contribution is -2.36. The summed E-state index contributed by atoms with van der Waals surface area (Å²) in [6.07, 6.45) is 0.877. The Bertz CT molecular complexity index is 946. The van der Waals surface area contributed by atoms with E-state index in [1.165, 1.54) is 68.4 Å². The monoisotopic (exact) mass is 410 g/mol. The van der Waals surface area contributed by atoms with E-state index in [1.54, 1.807) is 0 Å². The third-order valence-corrected chi connectivity index (χ3v) is 6.80. The van der Waals surface area contributed by atoms with Gasteiger partial charge in [0.2, 0.25) is 0 Å². The molecule has 0 unspecified atom stereocenters. The van der Waals surface area contributed by atoms with E-state index in [0.717, 1.165) is 16.5 Å². The van der Waals surface area contributed by atoms with Crippen molar-refractivity contribution in [2.24, 2.45) is 4.99 Å². The highest BCUT2D eigenvalue weighted by molar-refractivity contribution is 8.15. The molecule has 27 heavy (non-hydrogen) atoms. The predicted octanol–water partition coefficient (Wildman–Crippen LogP) is 3.53. The van der Waals surface area contributed by atoms with Gasteiger partial charge in [0.05, 0.1) is 24.8 Å². The summed E-state index contributed by atoms with van der Waals surface area (Å²) >= 11 is 1.36. The van der Waals surface area contributed by atoms with Gasteiger partial charge in [-0.2, -0.15) is 0 Å². The zero-order valence-corrected chi connectivity index (χ0v) is 16.5. The molecule has 6 nitrogen and oxygen atoms in total. The predicted molar refractivity (Wildman–Crippen MR) is 105 cm³/mol. The normalized spacial score (nSPS) is 14.4. The second-order valence-corrected chi connectivity index (χ2v) is 8.48. The molecule has 0 saturated carbocycles. The summed E-state index contributed by atoms with van der Waals surface area (Å²) in [5, 5.41) is 0.364. The molecule has 0 saturated heterocycles. The van der Waals surface area contributed by atoms with Crippen molar-refractivity contribution in [2.75, 3.05) is 30.8 Å². The molecule has 9 heteroatoms. The summed E-state index contributed by atoms with van der Waals surface area (Å²) in [5.74, 6) is 1.04. The third-order valence-electron chi connectivity index (χ3n) is 3.91. The van der Waals surface area contributed by atoms with Crippen LogP contribution < -0.4 is 13.8 Å². The molecule has 0 aromatic heterocycles. The Kier molecular flexibility index (Phi) is 5.91. The molecular formula is C18H19FN2O4S2. The number of benzene rings is 2. The van der Waals surface area contributed by atoms with Crippen molar-refractivity contribution in [1.29, 1.82) is 0 Å². The topological polar surface area (TPSA) is 68.2 Å². The van der Waals surface area contributed by atoms with Crippen LogP contribution in [0.5, 0.6) is 11.5 Å². The molecule has 3 rings (SSSR count). The molecule has 0 spiro atoms. The summed E-state index contributed by atoms with van der Waals surface area (Å²) in [5.41, 5.74) is 0.319. The van der Waals surface area contributed by atoms with Crippen LogP contribution in [0.15, 0.2) is 52.4 Å². The first-order valence-corrected chi connectivity index (χ1v) is 10.6. The van der Waals surface area contributed by atoms with Crippen LogP contribution in [0.4, 0.5) is 10.1 Å². The number of hydrogen-bond donors (Lipinski definition) is 0. The second-order valence-electron chi connectivity index (χ2n) is 5.63. The third kappa shape index (κ3) is 4.03. The zero-order valence-electron chi connectivity index (χ0n) is 14.9. The lowest BCUT2D eigenvalue weighted by Gasteiger charge is -2.27. The summed E-state index contributed by atoms with van der Waals surface area (Å²) in [6.45, 7) is 0.543. The van der Waals surface area contributed by atoms with Gasteiger partial charge in [0.1, 0.15) is 5.82 Å². The minimum atomic E-state index is -4.00. The maximum absolute atomic E-state index is 13.4. The van der Waals surface area contributed by atoms with Crippen LogP contribution >= 0.6 is 11.8 Å². The number of methoxy groups -OCH3 is 2. The highest BCUT2D eigenvalue weighted by Gasteiger charge is 2.31. The zero-order chi connectivity index (χ0) is 19.4. The van der Waals surface area contributed by atoms with E-state index in [-0.39, 0.29) is 4.90 Å². The van der Waals surface area contributed by atoms with Crippen molar-refractivity contribution < 1.29 is 22.3 Å². The lowest BCUT2D eigenvalue weighted by molar-refractivity contribution is 0.354. The fraction of sp³-hybridized carbons (Fsp3) is 0.278. The number of hydrogen-bond acceptors (Lipinski definition) is 6. The molecular weight excluding hydrogens is 391 g/mol. The van der Waals surface area contributed by atoms with Crippen LogP contribution in [0.1, 0.15) is 6.42 Å². The number of amidine groups is 1. The summed E-state index contributed by atoms with van der Waals surface area (Å²) < 4.78 is 51.8. The van der Waals surface area contributed by atoms with Crippen molar-refractivity contribution in [3.8, 4) is 11.5 Å². The average molecular weight is 410 g/mol. The second kappa shape index (κ2) is 8.18. The number of anilines is 1. The number of nitrogens with zero attached hydrogens (tertiary/aromatic N) is 2. The average Bonchev–Trinajstić information content (AvgIpc) is 2.69. The summed E-state index contributed by atoms with van der Waals surface area (Å²) in [4.78, 5) is 4.40. The first-order chi connectivity index (χ1) is 13.0. The Morgan fingerprint density at radius 1 is 1.07 bits per heavy atom. The van der Waals surface area contributed by atoms with E-state index in [1.807, 2.05) is 0 Å². The molecule has 1 heterocycles. The molecule has 0 amide bonds. The van der Waals surface area contributed by atoms with Gasteiger partial charge in [-0.15, -0.1) is 0 Å². The molecule has 2 aromatic rings. The number of thioether (sulfide) groups is 1. The van der Waals surface area contributed by atoms with E-state index in [9.17, 15) is 12.8 Å². The van der Waals surface area contributed by atoms with Gasteiger partial charge in [-0.3, -0.25) is 4.99 Å². The Labute approximate surface area is 162 Å². The Balaban J connectivity index is 2.13. The number of ether oxygens (including phenoxy) is 2. The van der Waals surface area contributed by atoms with Crippen molar-refractivity contribution in [3.63, 3.8) is 0 Å². The van der Waals surface area contributed by atoms with E-state index in [2.05, 4.69) is 4.99 Å². The van der Waals surface area contributed by atoms with Crippen LogP contribution in [0.25, 0.3) is 0 Å². The lowest BCUT2D eigenvalue weighted by atomic mass is 10.3. The van der Waals surface area contributed by atoms with E-state index >= 15 is 0 Å². The Morgan fingerprint density at radius 3 is 2.37 bits per heavy atom. The van der Waals surface area contributed by atoms with E-state index < -0.39 is 15.8 Å². The molecule has 0 fully saturated rings. The van der Waals surface area contributed by atoms with Gasteiger partial charge >= 0.3 is 0 Å². The van der Waals surface area contributed by atoms with Crippen LogP contribution in [0, 0.1) is 5.82 Å². The smallest absolute Gasteiger partial charge is 0.270 e. The molecule has 0 radical (unpaired) electrons. The highest BCUT2D eigenvalue weighted by atomic mass is 32.2. The van der Waals surface area contributed by atoms with Crippen molar-refractivity contribution >= 4 is 32.6 Å². The van der Waals surface area contributed by atoms with Gasteiger partial charge in [-0.25, -0.2) is 17.1 Å². The van der Waals surface area contributed by atoms with Crippen LogP contribution in [-0.2, 0) is 10.0 Å². The molecule has 0 aliphatic carbocycles. The molecule has 1 aliphatic rings. The fourth-order valence-corrected chi connectivity index (χ4v) is 5.27. The van der Waals surface area contributed by atoms with Crippen LogP contribution in [0.3, 0.4) is 0 Å². The quantitative estimate of drug-likeness (QED) is 0.754. The minimum Gasteiger partial charge on any atom is -0.493 e.